The summed E-state index contributed by atoms with van der Waals surface area (Å²) in [6.45, 7) is 2.62. The van der Waals surface area contributed by atoms with E-state index >= 15 is 0 Å². The molecule has 22 heavy (non-hydrogen) atoms. The van der Waals surface area contributed by atoms with Crippen LogP contribution in [0, 0.1) is 0 Å². The Kier molecular flexibility index (Phi) is 4.46. The van der Waals surface area contributed by atoms with E-state index in [-0.39, 0.29) is 0 Å². The standard InChI is InChI=1S/C18H18ClNO2/c19-15-6-4-13(5-7-15)8-10-20-11-9-14-2-1-3-16(18(21)22)17(14)12-20/h1-7H,8-12H2,(H,21,22). The number of nitrogens with zero attached hydrogens (tertiary/aromatic N) is 1. The van der Waals surface area contributed by atoms with Crippen molar-refractivity contribution in [3.8, 4) is 0 Å². The maximum absolute atomic E-state index is 11.4. The number of carbonyl (C=O) groups is 1. The van der Waals surface area contributed by atoms with Gasteiger partial charge < -0.3 is 5.11 Å². The van der Waals surface area contributed by atoms with Gasteiger partial charge in [-0.25, -0.2) is 4.79 Å². The molecule has 0 aliphatic carbocycles. The van der Waals surface area contributed by atoms with E-state index in [1.807, 2.05) is 36.4 Å². The van der Waals surface area contributed by atoms with E-state index in [1.165, 1.54) is 11.1 Å². The number of hydrogen-bond donors (Lipinski definition) is 1. The monoisotopic (exact) mass is 315 g/mol. The minimum atomic E-state index is -0.837. The van der Waals surface area contributed by atoms with E-state index in [0.29, 0.717) is 12.1 Å². The summed E-state index contributed by atoms with van der Waals surface area (Å²) >= 11 is 5.90. The highest BCUT2D eigenvalue weighted by atomic mass is 35.5. The van der Waals surface area contributed by atoms with Crippen LogP contribution in [0.1, 0.15) is 27.0 Å². The van der Waals surface area contributed by atoms with Crippen molar-refractivity contribution in [2.45, 2.75) is 19.4 Å². The van der Waals surface area contributed by atoms with Crippen LogP contribution in [0.15, 0.2) is 42.5 Å². The summed E-state index contributed by atoms with van der Waals surface area (Å²) < 4.78 is 0. The molecule has 2 aromatic carbocycles. The van der Waals surface area contributed by atoms with Gasteiger partial charge in [0.15, 0.2) is 0 Å². The van der Waals surface area contributed by atoms with Gasteiger partial charge in [0.05, 0.1) is 5.56 Å². The highest BCUT2D eigenvalue weighted by Gasteiger charge is 2.21. The second kappa shape index (κ2) is 6.51. The van der Waals surface area contributed by atoms with Gasteiger partial charge in [0, 0.05) is 24.7 Å². The molecule has 0 amide bonds. The molecule has 0 radical (unpaired) electrons. The number of aromatic carboxylic acids is 1. The maximum Gasteiger partial charge on any atom is 0.336 e. The van der Waals surface area contributed by atoms with Gasteiger partial charge in [-0.05, 0) is 47.7 Å². The molecule has 1 aliphatic rings. The Bertz CT molecular complexity index is 682. The van der Waals surface area contributed by atoms with Crippen LogP contribution in [-0.2, 0) is 19.4 Å². The van der Waals surface area contributed by atoms with Crippen LogP contribution in [-0.4, -0.2) is 29.1 Å². The zero-order valence-electron chi connectivity index (χ0n) is 12.3. The van der Waals surface area contributed by atoms with Gasteiger partial charge in [0.1, 0.15) is 0 Å². The number of benzene rings is 2. The Balaban J connectivity index is 1.69. The van der Waals surface area contributed by atoms with Gasteiger partial charge in [-0.15, -0.1) is 0 Å². The van der Waals surface area contributed by atoms with Gasteiger partial charge in [-0.1, -0.05) is 35.9 Å². The third-order valence-electron chi connectivity index (χ3n) is 4.21. The van der Waals surface area contributed by atoms with Crippen LogP contribution in [0.5, 0.6) is 0 Å². The molecule has 1 aliphatic heterocycles. The fourth-order valence-corrected chi connectivity index (χ4v) is 3.09. The predicted molar refractivity (Wildman–Crippen MR) is 87.5 cm³/mol. The third kappa shape index (κ3) is 3.32. The lowest BCUT2D eigenvalue weighted by Crippen LogP contribution is -2.33. The molecular weight excluding hydrogens is 298 g/mol. The third-order valence-corrected chi connectivity index (χ3v) is 4.46. The van der Waals surface area contributed by atoms with Crippen molar-refractivity contribution in [2.75, 3.05) is 13.1 Å². The van der Waals surface area contributed by atoms with E-state index in [0.717, 1.165) is 36.5 Å². The average molecular weight is 316 g/mol. The highest BCUT2D eigenvalue weighted by molar-refractivity contribution is 6.30. The van der Waals surface area contributed by atoms with Gasteiger partial charge in [0.2, 0.25) is 0 Å². The molecule has 0 fully saturated rings. The second-order valence-corrected chi connectivity index (χ2v) is 6.09. The normalized spacial score (nSPS) is 14.6. The zero-order valence-corrected chi connectivity index (χ0v) is 13.0. The topological polar surface area (TPSA) is 40.5 Å². The first-order valence-electron chi connectivity index (χ1n) is 7.44. The quantitative estimate of drug-likeness (QED) is 0.936. The molecule has 3 rings (SSSR count). The fraction of sp³-hybridized carbons (Fsp3) is 0.278. The predicted octanol–water partition coefficient (Wildman–Crippen LogP) is 3.64. The molecule has 1 N–H and O–H groups in total. The van der Waals surface area contributed by atoms with E-state index in [1.54, 1.807) is 6.07 Å². The van der Waals surface area contributed by atoms with Crippen LogP contribution in [0.2, 0.25) is 5.02 Å². The molecule has 0 saturated heterocycles. The first-order valence-corrected chi connectivity index (χ1v) is 7.82. The zero-order chi connectivity index (χ0) is 15.5. The molecule has 0 unspecified atom stereocenters. The SMILES string of the molecule is O=C(O)c1cccc2c1CN(CCc1ccc(Cl)cc1)CC2. The molecule has 0 saturated carbocycles. The maximum atomic E-state index is 11.4. The van der Waals surface area contributed by atoms with Crippen molar-refractivity contribution in [1.29, 1.82) is 0 Å². The molecular formula is C18H18ClNO2. The van der Waals surface area contributed by atoms with Crippen molar-refractivity contribution in [3.63, 3.8) is 0 Å². The Morgan fingerprint density at radius 1 is 1.18 bits per heavy atom. The van der Waals surface area contributed by atoms with Crippen molar-refractivity contribution < 1.29 is 9.90 Å². The number of carboxylic acids is 1. The Morgan fingerprint density at radius 2 is 1.95 bits per heavy atom. The molecule has 3 nitrogen and oxygen atoms in total. The molecule has 2 aromatic rings. The first kappa shape index (κ1) is 15.1. The largest absolute Gasteiger partial charge is 0.478 e. The number of halogens is 1. The van der Waals surface area contributed by atoms with Crippen LogP contribution in [0.25, 0.3) is 0 Å². The van der Waals surface area contributed by atoms with Gasteiger partial charge >= 0.3 is 5.97 Å². The van der Waals surface area contributed by atoms with Crippen molar-refractivity contribution >= 4 is 17.6 Å². The minimum Gasteiger partial charge on any atom is -0.478 e. The average Bonchev–Trinajstić information content (AvgIpc) is 2.53. The van der Waals surface area contributed by atoms with E-state index < -0.39 is 5.97 Å². The molecule has 114 valence electrons. The number of fused-ring (bicyclic) bond motifs is 1. The van der Waals surface area contributed by atoms with Gasteiger partial charge in [0.25, 0.3) is 0 Å². The highest BCUT2D eigenvalue weighted by Crippen LogP contribution is 2.23. The molecule has 0 aromatic heterocycles. The smallest absolute Gasteiger partial charge is 0.336 e. The van der Waals surface area contributed by atoms with E-state index in [2.05, 4.69) is 4.90 Å². The van der Waals surface area contributed by atoms with Crippen LogP contribution in [0.4, 0.5) is 0 Å². The first-order chi connectivity index (χ1) is 10.6. The summed E-state index contributed by atoms with van der Waals surface area (Å²) in [5, 5.41) is 10.1. The van der Waals surface area contributed by atoms with Crippen molar-refractivity contribution in [1.82, 2.24) is 4.90 Å². The lowest BCUT2D eigenvalue weighted by Gasteiger charge is -2.29. The number of carboxylic acid groups (broad SMARTS) is 1. The fourth-order valence-electron chi connectivity index (χ4n) is 2.97. The second-order valence-electron chi connectivity index (χ2n) is 5.65. The summed E-state index contributed by atoms with van der Waals surface area (Å²) in [6, 6.07) is 13.5. The van der Waals surface area contributed by atoms with Gasteiger partial charge in [-0.2, -0.15) is 0 Å². The molecule has 0 bridgehead atoms. The lowest BCUT2D eigenvalue weighted by molar-refractivity contribution is 0.0693. The molecule has 1 heterocycles. The molecule has 4 heteroatoms. The summed E-state index contributed by atoms with van der Waals surface area (Å²) in [5.41, 5.74) is 3.83. The van der Waals surface area contributed by atoms with Crippen LogP contribution >= 0.6 is 11.6 Å². The Labute approximate surface area is 135 Å². The number of rotatable bonds is 4. The van der Waals surface area contributed by atoms with E-state index in [4.69, 9.17) is 11.6 Å². The minimum absolute atomic E-state index is 0.439. The molecule has 0 spiro atoms. The van der Waals surface area contributed by atoms with Crippen molar-refractivity contribution in [2.24, 2.45) is 0 Å². The Hall–Kier alpha value is -1.84. The molecule has 0 atom stereocenters. The summed E-state index contributed by atoms with van der Waals surface area (Å²) in [5.74, 6) is -0.837. The van der Waals surface area contributed by atoms with Crippen LogP contribution in [0.3, 0.4) is 0 Å². The summed E-state index contributed by atoms with van der Waals surface area (Å²) in [7, 11) is 0. The Morgan fingerprint density at radius 3 is 2.68 bits per heavy atom. The summed E-state index contributed by atoms with van der Waals surface area (Å²) in [4.78, 5) is 13.7. The lowest BCUT2D eigenvalue weighted by atomic mass is 9.94. The van der Waals surface area contributed by atoms with Crippen LogP contribution < -0.4 is 0 Å². The van der Waals surface area contributed by atoms with Gasteiger partial charge in [-0.3, -0.25) is 4.90 Å². The van der Waals surface area contributed by atoms with Crippen molar-refractivity contribution in [3.05, 3.63) is 69.7 Å². The summed E-state index contributed by atoms with van der Waals surface area (Å²) in [6.07, 6.45) is 1.86. The number of hydrogen-bond acceptors (Lipinski definition) is 2. The van der Waals surface area contributed by atoms with E-state index in [9.17, 15) is 9.90 Å².